The van der Waals surface area contributed by atoms with Crippen LogP contribution in [-0.4, -0.2) is 28.3 Å². The van der Waals surface area contributed by atoms with Crippen LogP contribution in [0.15, 0.2) is 30.6 Å². The molecule has 0 spiro atoms. The minimum Gasteiger partial charge on any atom is -0.462 e. The fourth-order valence-corrected chi connectivity index (χ4v) is 1.72. The van der Waals surface area contributed by atoms with Gasteiger partial charge in [-0.2, -0.15) is 5.10 Å². The third-order valence-corrected chi connectivity index (χ3v) is 2.63. The molecule has 1 heterocycles. The topological polar surface area (TPSA) is 113 Å². The van der Waals surface area contributed by atoms with Gasteiger partial charge in [-0.25, -0.2) is 9.48 Å². The normalized spacial score (nSPS) is 10.2. The number of hydrogen-bond donors (Lipinski definition) is 2. The van der Waals surface area contributed by atoms with Crippen LogP contribution in [0.3, 0.4) is 0 Å². The summed E-state index contributed by atoms with van der Waals surface area (Å²) in [4.78, 5) is 23.0. The number of primary amides is 1. The molecule has 7 nitrogen and oxygen atoms in total. The van der Waals surface area contributed by atoms with Crippen LogP contribution in [0.5, 0.6) is 0 Å². The maximum atomic E-state index is 11.6. The Labute approximate surface area is 115 Å². The van der Waals surface area contributed by atoms with Gasteiger partial charge in [-0.15, -0.1) is 0 Å². The summed E-state index contributed by atoms with van der Waals surface area (Å²) in [7, 11) is 0. The number of aromatic nitrogens is 2. The molecule has 1 amide bonds. The van der Waals surface area contributed by atoms with Crippen molar-refractivity contribution in [2.24, 2.45) is 5.73 Å². The molecule has 0 radical (unpaired) electrons. The van der Waals surface area contributed by atoms with Gasteiger partial charge in [0.25, 0.3) is 5.91 Å². The van der Waals surface area contributed by atoms with Gasteiger partial charge in [0.2, 0.25) is 0 Å². The van der Waals surface area contributed by atoms with Gasteiger partial charge in [0.05, 0.1) is 29.6 Å². The smallest absolute Gasteiger partial charge is 0.341 e. The van der Waals surface area contributed by atoms with Gasteiger partial charge in [-0.3, -0.25) is 4.79 Å². The zero-order chi connectivity index (χ0) is 14.7. The van der Waals surface area contributed by atoms with Gasteiger partial charge in [0.1, 0.15) is 0 Å². The van der Waals surface area contributed by atoms with Gasteiger partial charge < -0.3 is 16.2 Å². The summed E-state index contributed by atoms with van der Waals surface area (Å²) in [5.74, 6) is -1.09. The van der Waals surface area contributed by atoms with E-state index in [2.05, 4.69) is 5.10 Å². The number of carbonyl (C=O) groups is 2. The number of nitrogen functional groups attached to an aromatic ring is 1. The molecule has 0 fully saturated rings. The SMILES string of the molecule is CCOC(=O)c1cnn(-c2cc(N)ccc2C(N)=O)c1. The molecule has 0 saturated heterocycles. The second-order valence-corrected chi connectivity index (χ2v) is 4.03. The monoisotopic (exact) mass is 274 g/mol. The largest absolute Gasteiger partial charge is 0.462 e. The molecule has 0 saturated carbocycles. The van der Waals surface area contributed by atoms with Crippen molar-refractivity contribution in [3.63, 3.8) is 0 Å². The van der Waals surface area contributed by atoms with Crippen molar-refractivity contribution in [3.05, 3.63) is 41.7 Å². The molecular formula is C13H14N4O3. The first kappa shape index (κ1) is 13.6. The van der Waals surface area contributed by atoms with Crippen molar-refractivity contribution in [3.8, 4) is 5.69 Å². The number of benzene rings is 1. The summed E-state index contributed by atoms with van der Waals surface area (Å²) in [6.45, 7) is 1.99. The third-order valence-electron chi connectivity index (χ3n) is 2.63. The molecule has 0 unspecified atom stereocenters. The molecular weight excluding hydrogens is 260 g/mol. The lowest BCUT2D eigenvalue weighted by Crippen LogP contribution is -2.15. The highest BCUT2D eigenvalue weighted by molar-refractivity contribution is 5.97. The molecule has 0 aliphatic heterocycles. The number of carbonyl (C=O) groups excluding carboxylic acids is 2. The van der Waals surface area contributed by atoms with E-state index in [4.69, 9.17) is 16.2 Å². The highest BCUT2D eigenvalue weighted by Crippen LogP contribution is 2.18. The fourth-order valence-electron chi connectivity index (χ4n) is 1.72. The van der Waals surface area contributed by atoms with Crippen molar-refractivity contribution >= 4 is 17.6 Å². The van der Waals surface area contributed by atoms with E-state index in [0.717, 1.165) is 0 Å². The minimum absolute atomic E-state index is 0.262. The first-order valence-electron chi connectivity index (χ1n) is 5.94. The molecule has 20 heavy (non-hydrogen) atoms. The van der Waals surface area contributed by atoms with Crippen molar-refractivity contribution in [1.29, 1.82) is 0 Å². The summed E-state index contributed by atoms with van der Waals surface area (Å²) in [6, 6.07) is 4.64. The fraction of sp³-hybridized carbons (Fsp3) is 0.154. The van der Waals surface area contributed by atoms with Gasteiger partial charge in [0.15, 0.2) is 0 Å². The predicted molar refractivity (Wildman–Crippen MR) is 72.5 cm³/mol. The summed E-state index contributed by atoms with van der Waals surface area (Å²) < 4.78 is 6.23. The lowest BCUT2D eigenvalue weighted by molar-refractivity contribution is 0.0526. The quantitative estimate of drug-likeness (QED) is 0.630. The lowest BCUT2D eigenvalue weighted by atomic mass is 10.1. The summed E-state index contributed by atoms with van der Waals surface area (Å²) in [5, 5.41) is 4.03. The van der Waals surface area contributed by atoms with E-state index >= 15 is 0 Å². The van der Waals surface area contributed by atoms with Crippen molar-refractivity contribution < 1.29 is 14.3 Å². The molecule has 2 aromatic rings. The number of nitrogens with zero attached hydrogens (tertiary/aromatic N) is 2. The average Bonchev–Trinajstić information content (AvgIpc) is 2.88. The highest BCUT2D eigenvalue weighted by Gasteiger charge is 2.14. The van der Waals surface area contributed by atoms with Gasteiger partial charge in [-0.1, -0.05) is 0 Å². The minimum atomic E-state index is -0.604. The summed E-state index contributed by atoms with van der Waals surface area (Å²) >= 11 is 0. The Balaban J connectivity index is 2.44. The molecule has 0 bridgehead atoms. The Morgan fingerprint density at radius 1 is 1.40 bits per heavy atom. The van der Waals surface area contributed by atoms with Crippen molar-refractivity contribution in [2.45, 2.75) is 6.92 Å². The van der Waals surface area contributed by atoms with Crippen LogP contribution < -0.4 is 11.5 Å². The maximum Gasteiger partial charge on any atom is 0.341 e. The molecule has 7 heteroatoms. The first-order valence-corrected chi connectivity index (χ1v) is 5.94. The number of hydrogen-bond acceptors (Lipinski definition) is 5. The van der Waals surface area contributed by atoms with Gasteiger partial charge in [-0.05, 0) is 25.1 Å². The number of ether oxygens (including phenoxy) is 1. The Hall–Kier alpha value is -2.83. The number of rotatable bonds is 4. The van der Waals surface area contributed by atoms with Crippen LogP contribution >= 0.6 is 0 Å². The Morgan fingerprint density at radius 2 is 2.15 bits per heavy atom. The van der Waals surface area contributed by atoms with E-state index in [1.807, 2.05) is 0 Å². The lowest BCUT2D eigenvalue weighted by Gasteiger charge is -2.07. The molecule has 0 aliphatic carbocycles. The second-order valence-electron chi connectivity index (χ2n) is 4.03. The van der Waals surface area contributed by atoms with E-state index in [-0.39, 0.29) is 17.7 Å². The maximum absolute atomic E-state index is 11.6. The van der Waals surface area contributed by atoms with Gasteiger partial charge in [0, 0.05) is 11.9 Å². The highest BCUT2D eigenvalue weighted by atomic mass is 16.5. The van der Waals surface area contributed by atoms with E-state index in [1.165, 1.54) is 23.1 Å². The van der Waals surface area contributed by atoms with Crippen molar-refractivity contribution in [1.82, 2.24) is 9.78 Å². The third kappa shape index (κ3) is 2.61. The summed E-state index contributed by atoms with van der Waals surface area (Å²) in [5.41, 5.74) is 12.4. The Kier molecular flexibility index (Phi) is 3.69. The second kappa shape index (κ2) is 5.43. The number of esters is 1. The number of nitrogens with two attached hydrogens (primary N) is 2. The van der Waals surface area contributed by atoms with Gasteiger partial charge >= 0.3 is 5.97 Å². The number of anilines is 1. The van der Waals surface area contributed by atoms with Crippen LogP contribution in [0.4, 0.5) is 5.69 Å². The molecule has 0 aliphatic rings. The molecule has 0 atom stereocenters. The van der Waals surface area contributed by atoms with E-state index in [0.29, 0.717) is 11.4 Å². The molecule has 1 aromatic carbocycles. The Morgan fingerprint density at radius 3 is 2.80 bits per heavy atom. The van der Waals surface area contributed by atoms with Crippen LogP contribution in [0, 0.1) is 0 Å². The van der Waals surface area contributed by atoms with Crippen LogP contribution in [0.25, 0.3) is 5.69 Å². The average molecular weight is 274 g/mol. The first-order chi connectivity index (χ1) is 9.52. The van der Waals surface area contributed by atoms with Crippen molar-refractivity contribution in [2.75, 3.05) is 12.3 Å². The number of amides is 1. The van der Waals surface area contributed by atoms with Crippen LogP contribution in [0.2, 0.25) is 0 Å². The van der Waals surface area contributed by atoms with E-state index in [1.54, 1.807) is 19.1 Å². The molecule has 4 N–H and O–H groups in total. The zero-order valence-corrected chi connectivity index (χ0v) is 10.9. The Bertz CT molecular complexity index is 663. The molecule has 1 aromatic heterocycles. The van der Waals surface area contributed by atoms with Crippen LogP contribution in [-0.2, 0) is 4.74 Å². The predicted octanol–water partition coefficient (Wildman–Crippen LogP) is 0.730. The van der Waals surface area contributed by atoms with E-state index in [9.17, 15) is 9.59 Å². The molecule has 2 rings (SSSR count). The standard InChI is InChI=1S/C13H14N4O3/c1-2-20-13(19)8-6-16-17(7-8)11-5-9(14)3-4-10(11)12(15)18/h3-7H,2,14H2,1H3,(H2,15,18). The van der Waals surface area contributed by atoms with E-state index < -0.39 is 11.9 Å². The molecule has 104 valence electrons. The zero-order valence-electron chi connectivity index (χ0n) is 10.9. The summed E-state index contributed by atoms with van der Waals surface area (Å²) in [6.07, 6.45) is 2.81. The van der Waals surface area contributed by atoms with Crippen LogP contribution in [0.1, 0.15) is 27.6 Å².